The van der Waals surface area contributed by atoms with E-state index in [1.807, 2.05) is 0 Å². The second-order valence-corrected chi connectivity index (χ2v) is 16.0. The molecule has 0 heterocycles. The van der Waals surface area contributed by atoms with E-state index in [-0.39, 0.29) is 0 Å². The van der Waals surface area contributed by atoms with Crippen molar-refractivity contribution in [2.24, 2.45) is 0 Å². The van der Waals surface area contributed by atoms with Crippen LogP contribution in [0.5, 0.6) is 0 Å². The second-order valence-electron chi connectivity index (χ2n) is 6.33. The second kappa shape index (κ2) is 5.24. The highest BCUT2D eigenvalue weighted by Gasteiger charge is 2.29. The lowest BCUT2D eigenvalue weighted by molar-refractivity contribution is 1.18. The molecule has 0 bridgehead atoms. The normalized spacial score (nSPS) is 13.8. The van der Waals surface area contributed by atoms with Gasteiger partial charge in [-0.2, -0.15) is 0 Å². The minimum atomic E-state index is -1.43. The van der Waals surface area contributed by atoms with Crippen molar-refractivity contribution in [3.8, 4) is 11.5 Å². The van der Waals surface area contributed by atoms with Gasteiger partial charge in [-0.25, -0.2) is 0 Å². The first-order chi connectivity index (χ1) is 7.73. The molecule has 1 aromatic rings. The van der Waals surface area contributed by atoms with E-state index in [4.69, 9.17) is 0 Å². The number of hydrogen-bond donors (Lipinski definition) is 0. The summed E-state index contributed by atoms with van der Waals surface area (Å²) in [6, 6.07) is 10.9. The highest BCUT2D eigenvalue weighted by molar-refractivity contribution is 6.91. The van der Waals surface area contributed by atoms with E-state index >= 15 is 0 Å². The maximum atomic E-state index is 3.53. The lowest BCUT2D eigenvalue weighted by Gasteiger charge is -2.27. The molecule has 0 aliphatic carbocycles. The molecule has 1 aromatic carbocycles. The zero-order chi connectivity index (χ0) is 13.1. The monoisotopic (exact) mass is 260 g/mol. The smallest absolute Gasteiger partial charge is 0.129 e. The van der Waals surface area contributed by atoms with Crippen molar-refractivity contribution >= 4 is 21.3 Å². The Balaban J connectivity index is 2.94. The summed E-state index contributed by atoms with van der Waals surface area (Å²) in [6.07, 6.45) is 0. The molecule has 1 unspecified atom stereocenters. The third kappa shape index (κ3) is 4.18. The Labute approximate surface area is 108 Å². The average molecular weight is 261 g/mol. The highest BCUT2D eigenvalue weighted by atomic mass is 28.3. The molecule has 2 heteroatoms. The van der Waals surface area contributed by atoms with Crippen molar-refractivity contribution in [1.82, 2.24) is 0 Å². The summed E-state index contributed by atoms with van der Waals surface area (Å²) in [6.45, 7) is 14.1. The summed E-state index contributed by atoms with van der Waals surface area (Å²) in [5.41, 5.74) is 4.05. The Bertz CT molecular complexity index is 416. The zero-order valence-electron chi connectivity index (χ0n) is 12.0. The molecule has 0 aromatic heterocycles. The summed E-state index contributed by atoms with van der Waals surface area (Å²) in [5, 5.41) is 1.51. The fourth-order valence-corrected chi connectivity index (χ4v) is 4.40. The molecule has 0 radical (unpaired) electrons. The number of rotatable bonds is 2. The molecule has 0 saturated heterocycles. The van der Waals surface area contributed by atoms with Crippen LogP contribution in [0.15, 0.2) is 30.3 Å². The van der Waals surface area contributed by atoms with E-state index in [2.05, 4.69) is 81.5 Å². The van der Waals surface area contributed by atoms with Crippen molar-refractivity contribution in [3.05, 3.63) is 30.3 Å². The SMILES string of the molecule is CC(C#C[Si](C)(C)C)[Si](C)(C)c1ccccc1. The van der Waals surface area contributed by atoms with Crippen molar-refractivity contribution in [3.63, 3.8) is 0 Å². The Morgan fingerprint density at radius 1 is 0.941 bits per heavy atom. The number of hydrogen-bond acceptors (Lipinski definition) is 0. The van der Waals surface area contributed by atoms with Crippen LogP contribution < -0.4 is 5.19 Å². The topological polar surface area (TPSA) is 0 Å². The van der Waals surface area contributed by atoms with E-state index in [9.17, 15) is 0 Å². The molecule has 0 fully saturated rings. The summed E-state index contributed by atoms with van der Waals surface area (Å²) < 4.78 is 0. The van der Waals surface area contributed by atoms with Gasteiger partial charge in [0, 0.05) is 5.54 Å². The van der Waals surface area contributed by atoms with Gasteiger partial charge in [-0.1, -0.05) is 75.2 Å². The fourth-order valence-electron chi connectivity index (χ4n) is 1.62. The third-order valence-electron chi connectivity index (χ3n) is 3.26. The summed E-state index contributed by atoms with van der Waals surface area (Å²) in [7, 11) is -2.67. The van der Waals surface area contributed by atoms with E-state index < -0.39 is 16.1 Å². The molecule has 1 rings (SSSR count). The van der Waals surface area contributed by atoms with Crippen LogP contribution >= 0.6 is 0 Å². The van der Waals surface area contributed by atoms with Gasteiger partial charge in [0.15, 0.2) is 0 Å². The van der Waals surface area contributed by atoms with Gasteiger partial charge >= 0.3 is 0 Å². The Kier molecular flexibility index (Phi) is 4.40. The van der Waals surface area contributed by atoms with Gasteiger partial charge in [0.25, 0.3) is 0 Å². The standard InChI is InChI=1S/C15H24Si2/c1-14(12-13-16(2,3)4)17(5,6)15-10-8-7-9-11-15/h7-11,14H,1-6H3. The summed E-state index contributed by atoms with van der Waals surface area (Å²) in [5.74, 6) is 3.53. The molecule has 92 valence electrons. The Morgan fingerprint density at radius 3 is 1.94 bits per heavy atom. The third-order valence-corrected chi connectivity index (χ3v) is 8.29. The van der Waals surface area contributed by atoms with Gasteiger partial charge in [0.05, 0.1) is 8.07 Å². The van der Waals surface area contributed by atoms with E-state index in [0.29, 0.717) is 5.54 Å². The molecule has 0 aliphatic rings. The quantitative estimate of drug-likeness (QED) is 0.559. The molecule has 0 spiro atoms. The Hall–Kier alpha value is -0.786. The van der Waals surface area contributed by atoms with Crippen molar-refractivity contribution in [1.29, 1.82) is 0 Å². The molecule has 0 N–H and O–H groups in total. The first-order valence-corrected chi connectivity index (χ1v) is 12.9. The van der Waals surface area contributed by atoms with E-state index in [0.717, 1.165) is 0 Å². The van der Waals surface area contributed by atoms with Crippen molar-refractivity contribution < 1.29 is 0 Å². The predicted octanol–water partition coefficient (Wildman–Crippen LogP) is 3.87. The van der Waals surface area contributed by atoms with Crippen molar-refractivity contribution in [2.45, 2.75) is 45.2 Å². The van der Waals surface area contributed by atoms with E-state index in [1.54, 1.807) is 0 Å². The molecule has 0 saturated carbocycles. The first-order valence-electron chi connectivity index (χ1n) is 6.32. The van der Waals surface area contributed by atoms with Gasteiger partial charge in [0.1, 0.15) is 8.07 Å². The Morgan fingerprint density at radius 2 is 1.47 bits per heavy atom. The summed E-state index contributed by atoms with van der Waals surface area (Å²) >= 11 is 0. The van der Waals surface area contributed by atoms with E-state index in [1.165, 1.54) is 5.19 Å². The van der Waals surface area contributed by atoms with Gasteiger partial charge in [-0.05, 0) is 0 Å². The van der Waals surface area contributed by atoms with Crippen LogP contribution in [0.4, 0.5) is 0 Å². The fraction of sp³-hybridized carbons (Fsp3) is 0.467. The van der Waals surface area contributed by atoms with Crippen molar-refractivity contribution in [2.75, 3.05) is 0 Å². The molecular weight excluding hydrogens is 236 g/mol. The first kappa shape index (κ1) is 14.3. The molecule has 0 aliphatic heterocycles. The minimum absolute atomic E-state index is 0.525. The summed E-state index contributed by atoms with van der Waals surface area (Å²) in [4.78, 5) is 0. The van der Waals surface area contributed by atoms with Gasteiger partial charge in [-0.15, -0.1) is 11.5 Å². The average Bonchev–Trinajstić information content (AvgIpc) is 2.26. The maximum Gasteiger partial charge on any atom is 0.129 e. The lowest BCUT2D eigenvalue weighted by Crippen LogP contribution is -2.44. The van der Waals surface area contributed by atoms with Crippen LogP contribution in [0.25, 0.3) is 0 Å². The van der Waals surface area contributed by atoms with Gasteiger partial charge < -0.3 is 0 Å². The maximum absolute atomic E-state index is 3.53. The zero-order valence-corrected chi connectivity index (χ0v) is 14.0. The molecule has 0 amide bonds. The minimum Gasteiger partial charge on any atom is -0.132 e. The van der Waals surface area contributed by atoms with Crippen LogP contribution in [-0.2, 0) is 0 Å². The van der Waals surface area contributed by atoms with Crippen LogP contribution in [0, 0.1) is 11.5 Å². The molecule has 1 atom stereocenters. The van der Waals surface area contributed by atoms with Crippen LogP contribution in [0.1, 0.15) is 6.92 Å². The molecule has 17 heavy (non-hydrogen) atoms. The lowest BCUT2D eigenvalue weighted by atomic mass is 10.4. The number of benzene rings is 1. The van der Waals surface area contributed by atoms with Crippen LogP contribution in [0.2, 0.25) is 38.3 Å². The molecular formula is C15H24Si2. The highest BCUT2D eigenvalue weighted by Crippen LogP contribution is 2.20. The van der Waals surface area contributed by atoms with Crippen LogP contribution in [-0.4, -0.2) is 16.1 Å². The molecule has 0 nitrogen and oxygen atoms in total. The van der Waals surface area contributed by atoms with Crippen LogP contribution in [0.3, 0.4) is 0 Å². The predicted molar refractivity (Wildman–Crippen MR) is 84.1 cm³/mol. The largest absolute Gasteiger partial charge is 0.132 e. The van der Waals surface area contributed by atoms with Gasteiger partial charge in [-0.3, -0.25) is 0 Å². The van der Waals surface area contributed by atoms with Gasteiger partial charge in [0.2, 0.25) is 0 Å².